The molecular formula is C18H36N4. The highest BCUT2D eigenvalue weighted by atomic mass is 14.9. The van der Waals surface area contributed by atoms with Crippen molar-refractivity contribution in [2.75, 3.05) is 39.3 Å². The van der Waals surface area contributed by atoms with Crippen molar-refractivity contribution < 1.29 is 0 Å². The maximum absolute atomic E-state index is 3.28. The monoisotopic (exact) mass is 308 g/mol. The lowest BCUT2D eigenvalue weighted by atomic mass is 10.2. The molecule has 4 nitrogen and oxygen atoms in total. The molecule has 0 spiro atoms. The molecule has 1 aromatic heterocycles. The highest BCUT2D eigenvalue weighted by Crippen LogP contribution is 1.97. The Kier molecular flexibility index (Phi) is 14.4. The van der Waals surface area contributed by atoms with Crippen molar-refractivity contribution in [1.82, 2.24) is 20.9 Å². The summed E-state index contributed by atoms with van der Waals surface area (Å²) in [4.78, 5) is 2.86. The summed E-state index contributed by atoms with van der Waals surface area (Å²) in [6.07, 6.45) is 15.0. The van der Waals surface area contributed by atoms with E-state index in [0.29, 0.717) is 0 Å². The zero-order valence-corrected chi connectivity index (χ0v) is 14.2. The molecule has 4 heterocycles. The normalized spacial score (nSPS) is 20.4. The van der Waals surface area contributed by atoms with E-state index in [0.717, 1.165) is 0 Å². The average Bonchev–Trinajstić information content (AvgIpc) is 3.37. The van der Waals surface area contributed by atoms with Crippen molar-refractivity contribution in [1.29, 1.82) is 0 Å². The number of aromatic nitrogens is 1. The number of rotatable bonds is 0. The Hall–Kier alpha value is -0.840. The van der Waals surface area contributed by atoms with Crippen molar-refractivity contribution >= 4 is 0 Å². The van der Waals surface area contributed by atoms with Crippen molar-refractivity contribution in [3.63, 3.8) is 0 Å². The van der Waals surface area contributed by atoms with Crippen LogP contribution < -0.4 is 16.0 Å². The quantitative estimate of drug-likeness (QED) is 0.596. The van der Waals surface area contributed by atoms with Crippen LogP contribution in [-0.2, 0) is 0 Å². The van der Waals surface area contributed by atoms with Crippen LogP contribution >= 0.6 is 0 Å². The second kappa shape index (κ2) is 16.5. The Balaban J connectivity index is 0.000000147. The lowest BCUT2D eigenvalue weighted by Crippen LogP contribution is -2.21. The van der Waals surface area contributed by atoms with Crippen LogP contribution in [0.15, 0.2) is 24.5 Å². The van der Waals surface area contributed by atoms with E-state index in [4.69, 9.17) is 0 Å². The molecule has 0 aromatic carbocycles. The minimum atomic E-state index is 1.25. The second-order valence-corrected chi connectivity index (χ2v) is 5.96. The van der Waals surface area contributed by atoms with Gasteiger partial charge in [0.05, 0.1) is 0 Å². The van der Waals surface area contributed by atoms with E-state index in [9.17, 15) is 0 Å². The van der Waals surface area contributed by atoms with Crippen LogP contribution in [0.1, 0.15) is 51.4 Å². The molecule has 0 radical (unpaired) electrons. The molecule has 4 heteroatoms. The van der Waals surface area contributed by atoms with E-state index in [2.05, 4.69) is 20.9 Å². The first-order valence-corrected chi connectivity index (χ1v) is 9.20. The van der Waals surface area contributed by atoms with Crippen LogP contribution in [0, 0.1) is 0 Å². The lowest BCUT2D eigenvalue weighted by Gasteiger charge is -2.08. The van der Waals surface area contributed by atoms with Gasteiger partial charge in [-0.15, -0.1) is 0 Å². The van der Waals surface area contributed by atoms with Gasteiger partial charge in [-0.2, -0.15) is 0 Å². The average molecular weight is 309 g/mol. The van der Waals surface area contributed by atoms with Crippen LogP contribution in [-0.4, -0.2) is 44.3 Å². The number of nitrogens with one attached hydrogen (secondary N) is 4. The fourth-order valence-electron chi connectivity index (χ4n) is 2.51. The van der Waals surface area contributed by atoms with Crippen LogP contribution in [0.25, 0.3) is 0 Å². The van der Waals surface area contributed by atoms with Gasteiger partial charge >= 0.3 is 0 Å². The minimum absolute atomic E-state index is 1.25. The maximum atomic E-state index is 3.28. The van der Waals surface area contributed by atoms with Gasteiger partial charge in [0, 0.05) is 12.4 Å². The Morgan fingerprint density at radius 2 is 0.727 bits per heavy atom. The van der Waals surface area contributed by atoms with E-state index >= 15 is 0 Å². The summed E-state index contributed by atoms with van der Waals surface area (Å²) >= 11 is 0. The largest absolute Gasteiger partial charge is 0.368 e. The Morgan fingerprint density at radius 3 is 0.864 bits per heavy atom. The summed E-state index contributed by atoms with van der Waals surface area (Å²) in [7, 11) is 0. The summed E-state index contributed by atoms with van der Waals surface area (Å²) in [6, 6.07) is 3.89. The molecule has 3 saturated heterocycles. The van der Waals surface area contributed by atoms with Crippen LogP contribution in [0.3, 0.4) is 0 Å². The van der Waals surface area contributed by atoms with E-state index in [1.165, 1.54) is 90.6 Å². The van der Waals surface area contributed by atoms with E-state index < -0.39 is 0 Å². The molecule has 3 fully saturated rings. The highest BCUT2D eigenvalue weighted by molar-refractivity contribution is 4.84. The zero-order chi connectivity index (χ0) is 15.6. The first-order valence-electron chi connectivity index (χ1n) is 9.20. The Labute approximate surface area is 136 Å². The van der Waals surface area contributed by atoms with Gasteiger partial charge in [-0.05, 0) is 89.9 Å². The smallest absolute Gasteiger partial charge is 0.000496 e. The van der Waals surface area contributed by atoms with E-state index in [-0.39, 0.29) is 0 Å². The molecule has 0 aliphatic carbocycles. The Bertz CT molecular complexity index is 215. The van der Waals surface area contributed by atoms with Gasteiger partial charge in [-0.25, -0.2) is 0 Å². The van der Waals surface area contributed by atoms with E-state index in [1.807, 2.05) is 24.5 Å². The number of H-pyrrole nitrogens is 1. The van der Waals surface area contributed by atoms with Crippen molar-refractivity contribution in [2.45, 2.75) is 51.4 Å². The van der Waals surface area contributed by atoms with Crippen molar-refractivity contribution in [3.8, 4) is 0 Å². The molecule has 4 rings (SSSR count). The number of hydrogen-bond acceptors (Lipinski definition) is 3. The predicted molar refractivity (Wildman–Crippen MR) is 96.3 cm³/mol. The predicted octanol–water partition coefficient (Wildman–Crippen LogP) is 2.90. The standard InChI is InChI=1S/2C5H11N.C4H9N.C4H5N/c2*1-2-4-6-5-3-1;2*1-2-4-5-3-1/h2*6H,1-5H2;5H,1-4H2;1-5H. The van der Waals surface area contributed by atoms with Gasteiger partial charge in [-0.3, -0.25) is 0 Å². The molecule has 0 amide bonds. The molecule has 3 aliphatic heterocycles. The SMILES string of the molecule is C1CCNC1.C1CCNCC1.C1CCNCC1.c1cc[nH]c1. The van der Waals surface area contributed by atoms with Gasteiger partial charge in [0.1, 0.15) is 0 Å². The molecule has 0 atom stereocenters. The van der Waals surface area contributed by atoms with Crippen molar-refractivity contribution in [3.05, 3.63) is 24.5 Å². The molecule has 0 bridgehead atoms. The third-order valence-electron chi connectivity index (χ3n) is 3.87. The summed E-state index contributed by atoms with van der Waals surface area (Å²) in [5, 5.41) is 9.79. The van der Waals surface area contributed by atoms with Crippen LogP contribution in [0.4, 0.5) is 0 Å². The lowest BCUT2D eigenvalue weighted by molar-refractivity contribution is 0.520. The van der Waals surface area contributed by atoms with E-state index in [1.54, 1.807) is 0 Å². The minimum Gasteiger partial charge on any atom is -0.368 e. The molecule has 0 unspecified atom stereocenters. The van der Waals surface area contributed by atoms with Gasteiger partial charge in [0.15, 0.2) is 0 Å². The molecule has 0 saturated carbocycles. The molecule has 128 valence electrons. The second-order valence-electron chi connectivity index (χ2n) is 5.96. The van der Waals surface area contributed by atoms with Gasteiger partial charge in [0.2, 0.25) is 0 Å². The number of piperidine rings is 2. The molecule has 4 N–H and O–H groups in total. The maximum Gasteiger partial charge on any atom is 0.000496 e. The van der Waals surface area contributed by atoms with Crippen molar-refractivity contribution in [2.24, 2.45) is 0 Å². The third kappa shape index (κ3) is 14.1. The Morgan fingerprint density at radius 1 is 0.409 bits per heavy atom. The van der Waals surface area contributed by atoms with Crippen LogP contribution in [0.5, 0.6) is 0 Å². The molecule has 22 heavy (non-hydrogen) atoms. The molecule has 3 aliphatic rings. The van der Waals surface area contributed by atoms with Gasteiger partial charge < -0.3 is 20.9 Å². The van der Waals surface area contributed by atoms with Crippen LogP contribution in [0.2, 0.25) is 0 Å². The first-order chi connectivity index (χ1) is 11.0. The molecule has 1 aromatic rings. The fraction of sp³-hybridized carbons (Fsp3) is 0.778. The summed E-state index contributed by atoms with van der Waals surface area (Å²) in [6.45, 7) is 7.50. The van der Waals surface area contributed by atoms with Gasteiger partial charge in [0.25, 0.3) is 0 Å². The van der Waals surface area contributed by atoms with Gasteiger partial charge in [-0.1, -0.05) is 12.8 Å². The summed E-state index contributed by atoms with van der Waals surface area (Å²) in [5.41, 5.74) is 0. The summed E-state index contributed by atoms with van der Waals surface area (Å²) < 4.78 is 0. The first kappa shape index (κ1) is 19.2. The topological polar surface area (TPSA) is 51.9 Å². The summed E-state index contributed by atoms with van der Waals surface area (Å²) in [5.74, 6) is 0. The highest BCUT2D eigenvalue weighted by Gasteiger charge is 1.94. The molecular weight excluding hydrogens is 272 g/mol. The third-order valence-corrected chi connectivity index (χ3v) is 3.87. The fourth-order valence-corrected chi connectivity index (χ4v) is 2.51. The number of aromatic amines is 1. The number of hydrogen-bond donors (Lipinski definition) is 4. The zero-order valence-electron chi connectivity index (χ0n) is 14.2.